The third-order valence-electron chi connectivity index (χ3n) is 6.01. The lowest BCUT2D eigenvalue weighted by molar-refractivity contribution is -0.147. The summed E-state index contributed by atoms with van der Waals surface area (Å²) < 4.78 is 46.6. The molecule has 0 atom stereocenters. The number of alkyl halides is 3. The first-order valence-electron chi connectivity index (χ1n) is 11.0. The highest BCUT2D eigenvalue weighted by atomic mass is 19.4. The number of methoxy groups -OCH3 is 1. The van der Waals surface area contributed by atoms with Crippen molar-refractivity contribution in [1.29, 1.82) is 0 Å². The van der Waals surface area contributed by atoms with E-state index in [-0.39, 0.29) is 24.9 Å². The summed E-state index contributed by atoms with van der Waals surface area (Å²) in [7, 11) is 1.30. The number of imidazole rings is 1. The van der Waals surface area contributed by atoms with Gasteiger partial charge < -0.3 is 14.6 Å². The van der Waals surface area contributed by atoms with E-state index in [0.29, 0.717) is 48.2 Å². The smallest absolute Gasteiger partial charge is 0.449 e. The van der Waals surface area contributed by atoms with Gasteiger partial charge in [0.05, 0.1) is 30.3 Å². The van der Waals surface area contributed by atoms with Gasteiger partial charge >= 0.3 is 12.1 Å². The molecule has 1 aromatic heterocycles. The SMILES string of the molecule is COC(=O)c1ccc(NC(=O)CN2CCC(Cn3c(C(F)(F)F)nc4ccccc43)CC2)cc1. The number of halogens is 3. The number of hydrogen-bond acceptors (Lipinski definition) is 5. The average Bonchev–Trinajstić information content (AvgIpc) is 3.19. The molecule has 0 aliphatic carbocycles. The fourth-order valence-electron chi connectivity index (χ4n) is 4.27. The van der Waals surface area contributed by atoms with Gasteiger partial charge in [-0.15, -0.1) is 0 Å². The Hall–Kier alpha value is -3.40. The van der Waals surface area contributed by atoms with Crippen LogP contribution in [0.15, 0.2) is 48.5 Å². The van der Waals surface area contributed by atoms with Gasteiger partial charge in [-0.1, -0.05) is 12.1 Å². The lowest BCUT2D eigenvalue weighted by atomic mass is 9.96. The molecule has 7 nitrogen and oxygen atoms in total. The monoisotopic (exact) mass is 474 g/mol. The minimum atomic E-state index is -4.52. The lowest BCUT2D eigenvalue weighted by Gasteiger charge is -2.32. The summed E-state index contributed by atoms with van der Waals surface area (Å²) in [5.74, 6) is -1.45. The number of aromatic nitrogens is 2. The third kappa shape index (κ3) is 5.39. The van der Waals surface area contributed by atoms with Crippen LogP contribution in [0, 0.1) is 5.92 Å². The van der Waals surface area contributed by atoms with Crippen molar-refractivity contribution in [3.05, 3.63) is 59.9 Å². The second-order valence-electron chi connectivity index (χ2n) is 8.37. The molecule has 3 aromatic rings. The Kier molecular flexibility index (Phi) is 6.87. The Bertz CT molecular complexity index is 1170. The number of esters is 1. The van der Waals surface area contributed by atoms with E-state index in [2.05, 4.69) is 15.0 Å². The van der Waals surface area contributed by atoms with Crippen molar-refractivity contribution < 1.29 is 27.5 Å². The summed E-state index contributed by atoms with van der Waals surface area (Å²) in [4.78, 5) is 29.7. The molecule has 10 heteroatoms. The maximum atomic E-state index is 13.5. The van der Waals surface area contributed by atoms with Crippen LogP contribution >= 0.6 is 0 Å². The van der Waals surface area contributed by atoms with Gasteiger partial charge in [0.15, 0.2) is 0 Å². The fourth-order valence-corrected chi connectivity index (χ4v) is 4.27. The predicted molar refractivity (Wildman–Crippen MR) is 120 cm³/mol. The third-order valence-corrected chi connectivity index (χ3v) is 6.01. The number of anilines is 1. The molecule has 0 radical (unpaired) electrons. The number of rotatable bonds is 6. The Morgan fingerprint density at radius 2 is 1.76 bits per heavy atom. The van der Waals surface area contributed by atoms with E-state index >= 15 is 0 Å². The quantitative estimate of drug-likeness (QED) is 0.542. The van der Waals surface area contributed by atoms with Crippen LogP contribution in [0.3, 0.4) is 0 Å². The number of nitrogens with zero attached hydrogens (tertiary/aromatic N) is 3. The van der Waals surface area contributed by atoms with Crippen molar-refractivity contribution in [2.45, 2.75) is 25.6 Å². The lowest BCUT2D eigenvalue weighted by Crippen LogP contribution is -2.40. The molecule has 34 heavy (non-hydrogen) atoms. The van der Waals surface area contributed by atoms with Gasteiger partial charge in [-0.05, 0) is 68.2 Å². The molecule has 4 rings (SSSR count). The maximum absolute atomic E-state index is 13.5. The summed E-state index contributed by atoms with van der Waals surface area (Å²) in [5.41, 5.74) is 1.78. The number of piperidine rings is 1. The minimum Gasteiger partial charge on any atom is -0.465 e. The number of benzene rings is 2. The van der Waals surface area contributed by atoms with E-state index in [1.54, 1.807) is 48.5 Å². The summed E-state index contributed by atoms with van der Waals surface area (Å²) in [6.45, 7) is 1.66. The molecule has 0 bridgehead atoms. The van der Waals surface area contributed by atoms with Crippen LogP contribution in [-0.2, 0) is 22.3 Å². The highest BCUT2D eigenvalue weighted by molar-refractivity contribution is 5.94. The zero-order chi connectivity index (χ0) is 24.3. The summed E-state index contributed by atoms with van der Waals surface area (Å²) in [6.07, 6.45) is -3.15. The van der Waals surface area contributed by atoms with Crippen LogP contribution in [-0.4, -0.2) is 53.1 Å². The normalized spacial score (nSPS) is 15.4. The van der Waals surface area contributed by atoms with E-state index in [1.165, 1.54) is 11.7 Å². The standard InChI is InChI=1S/C24H25F3N4O3/c1-34-22(33)17-6-8-18(9-7-17)28-21(32)15-30-12-10-16(11-13-30)14-31-20-5-3-2-4-19(20)29-23(31)24(25,26)27/h2-9,16H,10-15H2,1H3,(H,28,32). The minimum absolute atomic E-state index is 0.0592. The van der Waals surface area contributed by atoms with E-state index in [0.717, 1.165) is 0 Å². The molecular formula is C24H25F3N4O3. The molecule has 1 aliphatic heterocycles. The van der Waals surface area contributed by atoms with Gasteiger partial charge in [0.1, 0.15) is 0 Å². The molecule has 0 spiro atoms. The first-order chi connectivity index (χ1) is 16.2. The topological polar surface area (TPSA) is 76.5 Å². The van der Waals surface area contributed by atoms with Crippen molar-refractivity contribution >= 4 is 28.6 Å². The summed E-state index contributed by atoms with van der Waals surface area (Å²) in [6, 6.07) is 13.0. The Morgan fingerprint density at radius 3 is 2.41 bits per heavy atom. The molecule has 0 saturated carbocycles. The molecule has 1 aliphatic rings. The molecule has 180 valence electrons. The number of amides is 1. The van der Waals surface area contributed by atoms with Crippen LogP contribution in [0.25, 0.3) is 11.0 Å². The average molecular weight is 474 g/mol. The first-order valence-corrected chi connectivity index (χ1v) is 11.0. The van der Waals surface area contributed by atoms with Gasteiger partial charge in [-0.3, -0.25) is 9.69 Å². The van der Waals surface area contributed by atoms with Crippen LogP contribution in [0.5, 0.6) is 0 Å². The van der Waals surface area contributed by atoms with Gasteiger partial charge in [-0.25, -0.2) is 9.78 Å². The number of fused-ring (bicyclic) bond motifs is 1. The van der Waals surface area contributed by atoms with Crippen molar-refractivity contribution in [2.24, 2.45) is 5.92 Å². The Labute approximate surface area is 194 Å². The number of ether oxygens (including phenoxy) is 1. The van der Waals surface area contributed by atoms with E-state index < -0.39 is 18.0 Å². The first kappa shape index (κ1) is 23.7. The van der Waals surface area contributed by atoms with Gasteiger partial charge in [0.25, 0.3) is 0 Å². The fraction of sp³-hybridized carbons (Fsp3) is 0.375. The Morgan fingerprint density at radius 1 is 1.09 bits per heavy atom. The highest BCUT2D eigenvalue weighted by Crippen LogP contribution is 2.33. The van der Waals surface area contributed by atoms with Crippen molar-refractivity contribution in [3.63, 3.8) is 0 Å². The summed E-state index contributed by atoms with van der Waals surface area (Å²) >= 11 is 0. The van der Waals surface area contributed by atoms with Gasteiger partial charge in [0.2, 0.25) is 11.7 Å². The maximum Gasteiger partial charge on any atom is 0.449 e. The molecule has 0 unspecified atom stereocenters. The second-order valence-corrected chi connectivity index (χ2v) is 8.37. The second kappa shape index (κ2) is 9.84. The number of para-hydroxylation sites is 2. The molecule has 2 heterocycles. The largest absolute Gasteiger partial charge is 0.465 e. The van der Waals surface area contributed by atoms with E-state index in [4.69, 9.17) is 0 Å². The van der Waals surface area contributed by atoms with Crippen LogP contribution in [0.1, 0.15) is 29.0 Å². The number of carbonyl (C=O) groups is 2. The number of hydrogen-bond donors (Lipinski definition) is 1. The zero-order valence-corrected chi connectivity index (χ0v) is 18.6. The van der Waals surface area contributed by atoms with E-state index in [1.807, 2.05) is 4.90 Å². The van der Waals surface area contributed by atoms with Crippen LogP contribution in [0.2, 0.25) is 0 Å². The zero-order valence-electron chi connectivity index (χ0n) is 18.6. The molecule has 1 fully saturated rings. The number of nitrogens with one attached hydrogen (secondary N) is 1. The van der Waals surface area contributed by atoms with Crippen molar-refractivity contribution in [3.8, 4) is 0 Å². The number of likely N-dealkylation sites (tertiary alicyclic amines) is 1. The molecule has 1 N–H and O–H groups in total. The molecular weight excluding hydrogens is 449 g/mol. The van der Waals surface area contributed by atoms with Gasteiger partial charge in [0, 0.05) is 12.2 Å². The summed E-state index contributed by atoms with van der Waals surface area (Å²) in [5, 5.41) is 2.80. The molecule has 1 saturated heterocycles. The predicted octanol–water partition coefficient (Wildman–Crippen LogP) is 4.19. The Balaban J connectivity index is 1.32. The van der Waals surface area contributed by atoms with Crippen LogP contribution in [0.4, 0.5) is 18.9 Å². The van der Waals surface area contributed by atoms with Gasteiger partial charge in [-0.2, -0.15) is 13.2 Å². The highest BCUT2D eigenvalue weighted by Gasteiger charge is 2.38. The molecule has 2 aromatic carbocycles. The molecule has 1 amide bonds. The number of carbonyl (C=O) groups excluding carboxylic acids is 2. The van der Waals surface area contributed by atoms with E-state index in [9.17, 15) is 22.8 Å². The van der Waals surface area contributed by atoms with Crippen LogP contribution < -0.4 is 5.32 Å². The van der Waals surface area contributed by atoms with Crippen molar-refractivity contribution in [2.75, 3.05) is 32.1 Å². The van der Waals surface area contributed by atoms with Crippen molar-refractivity contribution in [1.82, 2.24) is 14.5 Å².